The number of nitrogens with zero attached hydrogens (tertiary/aromatic N) is 1. The maximum Gasteiger partial charge on any atom is 0.280 e. The monoisotopic (exact) mass is 197 g/mol. The van der Waals surface area contributed by atoms with Crippen molar-refractivity contribution in [2.24, 2.45) is 0 Å². The van der Waals surface area contributed by atoms with E-state index in [1.165, 1.54) is 12.1 Å². The molecule has 14 heavy (non-hydrogen) atoms. The third-order valence-corrected chi connectivity index (χ3v) is 2.34. The molecule has 2 rings (SSSR count). The predicted molar refractivity (Wildman–Crippen MR) is 46.5 cm³/mol. The number of Topliss-reactive ketones (excluding diaryl/α,β-unsaturated/α-hetero) is 1. The quantitative estimate of drug-likeness (QED) is 0.692. The van der Waals surface area contributed by atoms with Crippen LogP contribution in [-0.4, -0.2) is 10.8 Å². The highest BCUT2D eigenvalue weighted by Crippen LogP contribution is 2.23. The van der Waals surface area contributed by atoms with Crippen LogP contribution in [-0.2, 0) is 6.42 Å². The van der Waals surface area contributed by atoms with Gasteiger partial charge in [-0.15, -0.1) is 0 Å². The Labute approximate surface area is 80.0 Å². The lowest BCUT2D eigenvalue weighted by atomic mass is 9.94. The van der Waals surface area contributed by atoms with Crippen molar-refractivity contribution in [2.45, 2.75) is 25.7 Å². The molecule has 0 saturated heterocycles. The molecule has 0 bridgehead atoms. The normalized spacial score (nSPS) is 15.8. The number of halogens is 2. The second-order valence-electron chi connectivity index (χ2n) is 3.31. The highest BCUT2D eigenvalue weighted by molar-refractivity contribution is 5.97. The molecule has 0 aromatic carbocycles. The molecule has 1 aliphatic carbocycles. The summed E-state index contributed by atoms with van der Waals surface area (Å²) in [4.78, 5) is 15.1. The molecule has 0 saturated carbocycles. The molecular weight excluding hydrogens is 188 g/mol. The van der Waals surface area contributed by atoms with Crippen LogP contribution in [0.4, 0.5) is 8.78 Å². The van der Waals surface area contributed by atoms with Gasteiger partial charge >= 0.3 is 0 Å². The number of hydrogen-bond acceptors (Lipinski definition) is 2. The Morgan fingerprint density at radius 1 is 1.29 bits per heavy atom. The molecule has 0 spiro atoms. The van der Waals surface area contributed by atoms with E-state index >= 15 is 0 Å². The highest BCUT2D eigenvalue weighted by Gasteiger charge is 2.20. The third kappa shape index (κ3) is 1.52. The number of aromatic nitrogens is 1. The molecule has 1 heterocycles. The Bertz CT molecular complexity index is 376. The molecular formula is C10H9F2NO. The van der Waals surface area contributed by atoms with Crippen molar-refractivity contribution in [3.63, 3.8) is 0 Å². The van der Waals surface area contributed by atoms with Crippen LogP contribution in [0.1, 0.15) is 41.0 Å². The van der Waals surface area contributed by atoms with Crippen molar-refractivity contribution in [2.75, 3.05) is 0 Å². The molecule has 4 heteroatoms. The number of rotatable bonds is 1. The van der Waals surface area contributed by atoms with E-state index in [9.17, 15) is 13.6 Å². The summed E-state index contributed by atoms with van der Waals surface area (Å²) in [5.41, 5.74) is 0.804. The number of aryl methyl sites for hydroxylation is 1. The molecule has 0 N–H and O–H groups in total. The molecule has 1 aromatic rings. The first kappa shape index (κ1) is 9.24. The average Bonchev–Trinajstić information content (AvgIpc) is 2.17. The van der Waals surface area contributed by atoms with E-state index in [1.807, 2.05) is 0 Å². The van der Waals surface area contributed by atoms with E-state index in [-0.39, 0.29) is 11.5 Å². The van der Waals surface area contributed by atoms with Crippen molar-refractivity contribution in [1.82, 2.24) is 4.98 Å². The lowest BCUT2D eigenvalue weighted by Gasteiger charge is -2.14. The summed E-state index contributed by atoms with van der Waals surface area (Å²) in [5, 5.41) is 0. The molecule has 0 atom stereocenters. The average molecular weight is 197 g/mol. The van der Waals surface area contributed by atoms with Gasteiger partial charge in [-0.05, 0) is 25.0 Å². The predicted octanol–water partition coefficient (Wildman–Crippen LogP) is 2.54. The van der Waals surface area contributed by atoms with E-state index in [0.717, 1.165) is 0 Å². The molecule has 2 nitrogen and oxygen atoms in total. The Hall–Kier alpha value is -1.32. The van der Waals surface area contributed by atoms with Gasteiger partial charge in [0.25, 0.3) is 6.43 Å². The summed E-state index contributed by atoms with van der Waals surface area (Å²) in [6.45, 7) is 0. The van der Waals surface area contributed by atoms with E-state index in [0.29, 0.717) is 30.5 Å². The van der Waals surface area contributed by atoms with Crippen LogP contribution in [0.25, 0.3) is 0 Å². The second kappa shape index (κ2) is 3.44. The molecule has 0 fully saturated rings. The Kier molecular flexibility index (Phi) is 2.27. The zero-order valence-corrected chi connectivity index (χ0v) is 7.46. The van der Waals surface area contributed by atoms with Crippen molar-refractivity contribution < 1.29 is 13.6 Å². The molecule has 74 valence electrons. The van der Waals surface area contributed by atoms with Gasteiger partial charge in [0.2, 0.25) is 0 Å². The van der Waals surface area contributed by atoms with Gasteiger partial charge in [0.15, 0.2) is 5.78 Å². The molecule has 0 radical (unpaired) electrons. The van der Waals surface area contributed by atoms with Crippen LogP contribution in [0.3, 0.4) is 0 Å². The first-order valence-electron chi connectivity index (χ1n) is 4.49. The fourth-order valence-electron chi connectivity index (χ4n) is 1.64. The minimum Gasteiger partial charge on any atom is -0.294 e. The topological polar surface area (TPSA) is 30.0 Å². The van der Waals surface area contributed by atoms with Crippen LogP contribution in [0.15, 0.2) is 12.1 Å². The number of fused-ring (bicyclic) bond motifs is 1. The van der Waals surface area contributed by atoms with Crippen LogP contribution in [0, 0.1) is 0 Å². The van der Waals surface area contributed by atoms with E-state index in [1.54, 1.807) is 0 Å². The van der Waals surface area contributed by atoms with Crippen molar-refractivity contribution in [3.8, 4) is 0 Å². The number of carbonyl (C=O) groups excluding carboxylic acids is 1. The summed E-state index contributed by atoms with van der Waals surface area (Å²) in [7, 11) is 0. The fraction of sp³-hybridized carbons (Fsp3) is 0.400. The van der Waals surface area contributed by atoms with Gasteiger partial charge in [0.05, 0.1) is 5.69 Å². The summed E-state index contributed by atoms with van der Waals surface area (Å²) >= 11 is 0. The lowest BCUT2D eigenvalue weighted by molar-refractivity contribution is 0.0970. The number of ketones is 1. The van der Waals surface area contributed by atoms with Gasteiger partial charge in [0.1, 0.15) is 5.69 Å². The summed E-state index contributed by atoms with van der Waals surface area (Å²) in [5.74, 6) is 0.0135. The number of carbonyl (C=O) groups is 1. The first-order chi connectivity index (χ1) is 6.68. The summed E-state index contributed by atoms with van der Waals surface area (Å²) in [6.07, 6.45) is -0.715. The smallest absolute Gasteiger partial charge is 0.280 e. The molecule has 0 amide bonds. The van der Waals surface area contributed by atoms with Gasteiger partial charge in [-0.1, -0.05) is 0 Å². The molecule has 1 aliphatic rings. The third-order valence-electron chi connectivity index (χ3n) is 2.34. The maximum atomic E-state index is 12.3. The van der Waals surface area contributed by atoms with Gasteiger partial charge in [-0.2, -0.15) is 0 Å². The Morgan fingerprint density at radius 2 is 2.07 bits per heavy atom. The zero-order valence-electron chi connectivity index (χ0n) is 7.46. The fourth-order valence-corrected chi connectivity index (χ4v) is 1.64. The minimum atomic E-state index is -2.56. The van der Waals surface area contributed by atoms with Crippen molar-refractivity contribution in [3.05, 3.63) is 29.1 Å². The largest absolute Gasteiger partial charge is 0.294 e. The molecule has 1 aromatic heterocycles. The van der Waals surface area contributed by atoms with Crippen LogP contribution < -0.4 is 0 Å². The lowest BCUT2D eigenvalue weighted by Crippen LogP contribution is -2.13. The van der Waals surface area contributed by atoms with E-state index in [2.05, 4.69) is 4.98 Å². The van der Waals surface area contributed by atoms with E-state index in [4.69, 9.17) is 0 Å². The second-order valence-corrected chi connectivity index (χ2v) is 3.31. The van der Waals surface area contributed by atoms with Crippen molar-refractivity contribution in [1.29, 1.82) is 0 Å². The summed E-state index contributed by atoms with van der Waals surface area (Å²) < 4.78 is 24.6. The van der Waals surface area contributed by atoms with E-state index < -0.39 is 6.43 Å². The van der Waals surface area contributed by atoms with Gasteiger partial charge in [0, 0.05) is 12.0 Å². The zero-order chi connectivity index (χ0) is 10.1. The number of alkyl halides is 2. The maximum absolute atomic E-state index is 12.3. The standard InChI is InChI=1S/C10H9F2NO/c11-10(12)8-5-4-6-7(13-8)2-1-3-9(6)14/h4-5,10H,1-3H2. The van der Waals surface area contributed by atoms with Gasteiger partial charge < -0.3 is 0 Å². The van der Waals surface area contributed by atoms with Gasteiger partial charge in [-0.3, -0.25) is 9.78 Å². The SMILES string of the molecule is O=C1CCCc2nc(C(F)F)ccc21. The van der Waals surface area contributed by atoms with Crippen molar-refractivity contribution >= 4 is 5.78 Å². The minimum absolute atomic E-state index is 0.0135. The Morgan fingerprint density at radius 3 is 2.79 bits per heavy atom. The van der Waals surface area contributed by atoms with Crippen LogP contribution in [0.5, 0.6) is 0 Å². The number of hydrogen-bond donors (Lipinski definition) is 0. The Balaban J connectivity index is 2.44. The van der Waals surface area contributed by atoms with Gasteiger partial charge in [-0.25, -0.2) is 8.78 Å². The van der Waals surface area contributed by atoms with Crippen LogP contribution >= 0.6 is 0 Å². The molecule has 0 unspecified atom stereocenters. The highest BCUT2D eigenvalue weighted by atomic mass is 19.3. The summed E-state index contributed by atoms with van der Waals surface area (Å²) in [6, 6.07) is 2.69. The number of pyridine rings is 1. The van der Waals surface area contributed by atoms with Crippen LogP contribution in [0.2, 0.25) is 0 Å². The molecule has 0 aliphatic heterocycles. The first-order valence-corrected chi connectivity index (χ1v) is 4.49.